The molecule has 1 aliphatic rings. The fraction of sp³-hybridized carbons (Fsp3) is 0.625. The number of rotatable bonds is 2. The molecule has 0 bridgehead atoms. The van der Waals surface area contributed by atoms with Gasteiger partial charge in [0, 0.05) is 17.5 Å². The Labute approximate surface area is 65.1 Å². The summed E-state index contributed by atoms with van der Waals surface area (Å²) in [4.78, 5) is 5.66. The maximum absolute atomic E-state index is 4.31. The van der Waals surface area contributed by atoms with Crippen molar-refractivity contribution in [2.45, 2.75) is 26.2 Å². The lowest BCUT2D eigenvalue weighted by atomic mass is 10.3. The molecule has 10 heavy (non-hydrogen) atoms. The van der Waals surface area contributed by atoms with Gasteiger partial charge in [0.1, 0.15) is 0 Å². The third-order valence-corrected chi connectivity index (χ3v) is 2.76. The fourth-order valence-corrected chi connectivity index (χ4v) is 1.97. The normalized spacial score (nSPS) is 17.7. The van der Waals surface area contributed by atoms with Crippen LogP contribution in [0.4, 0.5) is 0 Å². The van der Waals surface area contributed by atoms with E-state index < -0.39 is 0 Å². The summed E-state index contributed by atoms with van der Waals surface area (Å²) in [7, 11) is 0. The van der Waals surface area contributed by atoms with Crippen molar-refractivity contribution < 1.29 is 0 Å². The van der Waals surface area contributed by atoms with Crippen LogP contribution in [0.25, 0.3) is 0 Å². The minimum Gasteiger partial charge on any atom is -0.249 e. The molecule has 0 aromatic carbocycles. The van der Waals surface area contributed by atoms with Crippen LogP contribution in [0.3, 0.4) is 0 Å². The van der Waals surface area contributed by atoms with Gasteiger partial charge in [0.15, 0.2) is 0 Å². The van der Waals surface area contributed by atoms with E-state index in [1.807, 2.05) is 17.5 Å². The molecule has 0 radical (unpaired) electrons. The zero-order chi connectivity index (χ0) is 6.97. The van der Waals surface area contributed by atoms with Crippen molar-refractivity contribution >= 4 is 11.3 Å². The van der Waals surface area contributed by atoms with Gasteiger partial charge in [-0.3, -0.25) is 0 Å². The van der Waals surface area contributed by atoms with Crippen molar-refractivity contribution in [1.82, 2.24) is 4.98 Å². The van der Waals surface area contributed by atoms with Gasteiger partial charge in [-0.05, 0) is 25.7 Å². The summed E-state index contributed by atoms with van der Waals surface area (Å²) in [5, 5.41) is 1.33. The second-order valence-electron chi connectivity index (χ2n) is 3.01. The minimum atomic E-state index is 0.977. The van der Waals surface area contributed by atoms with Crippen LogP contribution >= 0.6 is 11.3 Å². The Morgan fingerprint density at radius 3 is 3.00 bits per heavy atom. The molecule has 1 nitrogen and oxygen atoms in total. The molecule has 1 aromatic rings. The third kappa shape index (κ3) is 1.37. The summed E-state index contributed by atoms with van der Waals surface area (Å²) in [6, 6.07) is 0. The molecule has 0 aliphatic heterocycles. The molecule has 0 unspecified atom stereocenters. The van der Waals surface area contributed by atoms with E-state index in [0.717, 1.165) is 5.92 Å². The topological polar surface area (TPSA) is 12.9 Å². The first kappa shape index (κ1) is 6.35. The molecule has 1 heterocycles. The van der Waals surface area contributed by atoms with Crippen LogP contribution in [-0.2, 0) is 6.42 Å². The number of aryl methyl sites for hydroxylation is 1. The van der Waals surface area contributed by atoms with Gasteiger partial charge >= 0.3 is 0 Å². The SMILES string of the molecule is Cc1cnc(CC2CC2)s1. The number of hydrogen-bond donors (Lipinski definition) is 0. The summed E-state index contributed by atoms with van der Waals surface area (Å²) >= 11 is 1.84. The lowest BCUT2D eigenvalue weighted by Gasteiger charge is -1.87. The quantitative estimate of drug-likeness (QED) is 0.635. The molecular formula is C8H11NS. The fourth-order valence-electron chi connectivity index (χ4n) is 1.06. The monoisotopic (exact) mass is 153 g/mol. The van der Waals surface area contributed by atoms with Gasteiger partial charge in [-0.15, -0.1) is 11.3 Å². The van der Waals surface area contributed by atoms with Gasteiger partial charge in [0.05, 0.1) is 5.01 Å². The average Bonchev–Trinajstić information content (AvgIpc) is 2.59. The first-order valence-corrected chi connectivity index (χ1v) is 4.57. The first-order valence-electron chi connectivity index (χ1n) is 3.76. The zero-order valence-electron chi connectivity index (χ0n) is 6.13. The second kappa shape index (κ2) is 2.35. The van der Waals surface area contributed by atoms with Crippen molar-refractivity contribution in [3.63, 3.8) is 0 Å². The summed E-state index contributed by atoms with van der Waals surface area (Å²) in [6.45, 7) is 2.12. The second-order valence-corrected chi connectivity index (χ2v) is 4.33. The molecule has 1 saturated carbocycles. The van der Waals surface area contributed by atoms with Crippen LogP contribution in [0.15, 0.2) is 6.20 Å². The Balaban J connectivity index is 2.03. The van der Waals surface area contributed by atoms with Crippen molar-refractivity contribution in [3.8, 4) is 0 Å². The lowest BCUT2D eigenvalue weighted by molar-refractivity contribution is 0.824. The van der Waals surface area contributed by atoms with E-state index >= 15 is 0 Å². The number of thiazole rings is 1. The van der Waals surface area contributed by atoms with E-state index in [0.29, 0.717) is 0 Å². The van der Waals surface area contributed by atoms with Crippen LogP contribution in [0.5, 0.6) is 0 Å². The summed E-state index contributed by atoms with van der Waals surface area (Å²) in [5.74, 6) is 0.977. The molecule has 0 spiro atoms. The molecule has 2 heteroatoms. The Morgan fingerprint density at radius 2 is 2.50 bits per heavy atom. The first-order chi connectivity index (χ1) is 4.84. The standard InChI is InChI=1S/C8H11NS/c1-6-5-9-8(10-6)4-7-2-3-7/h5,7H,2-4H2,1H3. The van der Waals surface area contributed by atoms with E-state index in [1.165, 1.54) is 29.1 Å². The van der Waals surface area contributed by atoms with Crippen LogP contribution in [-0.4, -0.2) is 4.98 Å². The highest BCUT2D eigenvalue weighted by Crippen LogP contribution is 2.33. The Morgan fingerprint density at radius 1 is 1.70 bits per heavy atom. The van der Waals surface area contributed by atoms with E-state index in [9.17, 15) is 0 Å². The van der Waals surface area contributed by atoms with E-state index in [2.05, 4.69) is 11.9 Å². The summed E-state index contributed by atoms with van der Waals surface area (Å²) in [6.07, 6.45) is 6.07. The van der Waals surface area contributed by atoms with Gasteiger partial charge < -0.3 is 0 Å². The Hall–Kier alpha value is -0.370. The van der Waals surface area contributed by atoms with Crippen LogP contribution in [0.2, 0.25) is 0 Å². The highest BCUT2D eigenvalue weighted by Gasteiger charge is 2.22. The maximum atomic E-state index is 4.31. The average molecular weight is 153 g/mol. The lowest BCUT2D eigenvalue weighted by Crippen LogP contribution is -1.82. The predicted octanol–water partition coefficient (Wildman–Crippen LogP) is 2.40. The molecule has 0 N–H and O–H groups in total. The third-order valence-electron chi connectivity index (χ3n) is 1.83. The predicted molar refractivity (Wildman–Crippen MR) is 43.3 cm³/mol. The van der Waals surface area contributed by atoms with Crippen molar-refractivity contribution in [1.29, 1.82) is 0 Å². The van der Waals surface area contributed by atoms with Crippen LogP contribution in [0, 0.1) is 12.8 Å². The molecule has 0 amide bonds. The summed E-state index contributed by atoms with van der Waals surface area (Å²) in [5.41, 5.74) is 0. The zero-order valence-corrected chi connectivity index (χ0v) is 6.95. The molecule has 0 atom stereocenters. The Bertz CT molecular complexity index is 225. The van der Waals surface area contributed by atoms with E-state index in [4.69, 9.17) is 0 Å². The van der Waals surface area contributed by atoms with E-state index in [1.54, 1.807) is 0 Å². The van der Waals surface area contributed by atoms with Crippen molar-refractivity contribution in [2.24, 2.45) is 5.92 Å². The molecule has 1 aliphatic carbocycles. The van der Waals surface area contributed by atoms with Gasteiger partial charge in [-0.1, -0.05) is 0 Å². The minimum absolute atomic E-state index is 0.977. The number of aromatic nitrogens is 1. The largest absolute Gasteiger partial charge is 0.249 e. The summed E-state index contributed by atoms with van der Waals surface area (Å²) < 4.78 is 0. The van der Waals surface area contributed by atoms with Crippen LogP contribution < -0.4 is 0 Å². The van der Waals surface area contributed by atoms with E-state index in [-0.39, 0.29) is 0 Å². The van der Waals surface area contributed by atoms with Gasteiger partial charge in [0.25, 0.3) is 0 Å². The highest BCUT2D eigenvalue weighted by atomic mass is 32.1. The number of hydrogen-bond acceptors (Lipinski definition) is 2. The van der Waals surface area contributed by atoms with Gasteiger partial charge in [-0.2, -0.15) is 0 Å². The Kier molecular flexibility index (Phi) is 1.49. The molecule has 2 rings (SSSR count). The van der Waals surface area contributed by atoms with Crippen molar-refractivity contribution in [3.05, 3.63) is 16.1 Å². The molecule has 54 valence electrons. The maximum Gasteiger partial charge on any atom is 0.0930 e. The van der Waals surface area contributed by atoms with Crippen LogP contribution in [0.1, 0.15) is 22.7 Å². The highest BCUT2D eigenvalue weighted by molar-refractivity contribution is 7.11. The smallest absolute Gasteiger partial charge is 0.0930 e. The number of nitrogens with zero attached hydrogens (tertiary/aromatic N) is 1. The molecular weight excluding hydrogens is 142 g/mol. The van der Waals surface area contributed by atoms with Gasteiger partial charge in [-0.25, -0.2) is 4.98 Å². The molecule has 0 saturated heterocycles. The van der Waals surface area contributed by atoms with Crippen molar-refractivity contribution in [2.75, 3.05) is 0 Å². The van der Waals surface area contributed by atoms with Gasteiger partial charge in [0.2, 0.25) is 0 Å². The molecule has 1 aromatic heterocycles. The molecule has 1 fully saturated rings.